The van der Waals surface area contributed by atoms with Crippen molar-refractivity contribution in [1.29, 1.82) is 0 Å². The first-order chi connectivity index (χ1) is 8.66. The third kappa shape index (κ3) is 3.69. The van der Waals surface area contributed by atoms with E-state index in [-0.39, 0.29) is 24.2 Å². The number of amides is 1. The van der Waals surface area contributed by atoms with Gasteiger partial charge in [-0.1, -0.05) is 13.8 Å². The minimum absolute atomic E-state index is 0.0526. The molecule has 4 nitrogen and oxygen atoms in total. The molecule has 0 unspecified atom stereocenters. The molecule has 2 fully saturated rings. The normalized spacial score (nSPS) is 32.7. The number of carbonyl (C=O) groups excluding carboxylic acids is 1. The molecule has 104 valence electrons. The van der Waals surface area contributed by atoms with E-state index in [1.807, 2.05) is 0 Å². The second kappa shape index (κ2) is 6.53. The van der Waals surface area contributed by atoms with Crippen molar-refractivity contribution < 1.29 is 14.3 Å². The molecule has 0 aromatic carbocycles. The highest BCUT2D eigenvalue weighted by molar-refractivity contribution is 5.81. The molecule has 2 heterocycles. The van der Waals surface area contributed by atoms with Crippen LogP contribution in [0.1, 0.15) is 46.0 Å². The van der Waals surface area contributed by atoms with E-state index in [0.717, 1.165) is 38.7 Å². The zero-order valence-electron chi connectivity index (χ0n) is 11.5. The van der Waals surface area contributed by atoms with Gasteiger partial charge in [0.1, 0.15) is 6.10 Å². The third-order valence-electron chi connectivity index (χ3n) is 3.69. The maximum absolute atomic E-state index is 12.1. The van der Waals surface area contributed by atoms with Crippen molar-refractivity contribution in [2.24, 2.45) is 5.92 Å². The molecule has 0 radical (unpaired) electrons. The van der Waals surface area contributed by atoms with Gasteiger partial charge in [-0.25, -0.2) is 0 Å². The highest BCUT2D eigenvalue weighted by Crippen LogP contribution is 2.21. The highest BCUT2D eigenvalue weighted by atomic mass is 16.5. The van der Waals surface area contributed by atoms with Crippen LogP contribution in [0, 0.1) is 5.92 Å². The van der Waals surface area contributed by atoms with Crippen molar-refractivity contribution >= 4 is 5.91 Å². The smallest absolute Gasteiger partial charge is 0.249 e. The van der Waals surface area contributed by atoms with Gasteiger partial charge in [0.25, 0.3) is 0 Å². The number of hydrogen-bond acceptors (Lipinski definition) is 3. The topological polar surface area (TPSA) is 47.6 Å². The predicted molar refractivity (Wildman–Crippen MR) is 69.3 cm³/mol. The van der Waals surface area contributed by atoms with Gasteiger partial charge < -0.3 is 14.8 Å². The molecule has 2 aliphatic rings. The van der Waals surface area contributed by atoms with Crippen LogP contribution in [0.15, 0.2) is 0 Å². The standard InChI is InChI=1S/C14H25NO3/c1-10(2)9-13-11(5-3-7-18-13)15-14(16)12-6-4-8-17-12/h10-13H,3-9H2,1-2H3,(H,15,16)/t11-,12-,13-/m0/s1. The molecule has 0 aliphatic carbocycles. The van der Waals surface area contributed by atoms with Crippen LogP contribution in [-0.2, 0) is 14.3 Å². The van der Waals surface area contributed by atoms with E-state index in [0.29, 0.717) is 12.5 Å². The van der Waals surface area contributed by atoms with Crippen molar-refractivity contribution in [2.45, 2.75) is 64.2 Å². The summed E-state index contributed by atoms with van der Waals surface area (Å²) in [6.45, 7) is 5.92. The lowest BCUT2D eigenvalue weighted by atomic mass is 9.94. The van der Waals surface area contributed by atoms with E-state index in [1.165, 1.54) is 0 Å². The molecule has 0 spiro atoms. The lowest BCUT2D eigenvalue weighted by molar-refractivity contribution is -0.133. The van der Waals surface area contributed by atoms with Crippen molar-refractivity contribution in [3.8, 4) is 0 Å². The number of ether oxygens (including phenoxy) is 2. The number of rotatable bonds is 4. The molecule has 3 atom stereocenters. The van der Waals surface area contributed by atoms with Crippen LogP contribution >= 0.6 is 0 Å². The summed E-state index contributed by atoms with van der Waals surface area (Å²) in [7, 11) is 0. The van der Waals surface area contributed by atoms with Crippen molar-refractivity contribution in [3.63, 3.8) is 0 Å². The summed E-state index contributed by atoms with van der Waals surface area (Å²) < 4.78 is 11.2. The molecule has 0 aromatic heterocycles. The maximum Gasteiger partial charge on any atom is 0.249 e. The summed E-state index contributed by atoms with van der Waals surface area (Å²) in [5.74, 6) is 0.645. The van der Waals surface area contributed by atoms with Gasteiger partial charge >= 0.3 is 0 Å². The average Bonchev–Trinajstić information content (AvgIpc) is 2.84. The first-order valence-corrected chi connectivity index (χ1v) is 7.20. The minimum Gasteiger partial charge on any atom is -0.376 e. The molecular weight excluding hydrogens is 230 g/mol. The fraction of sp³-hybridized carbons (Fsp3) is 0.929. The predicted octanol–water partition coefficient (Wildman–Crippen LogP) is 1.88. The summed E-state index contributed by atoms with van der Waals surface area (Å²) in [6.07, 6.45) is 4.86. The summed E-state index contributed by atoms with van der Waals surface area (Å²) in [5.41, 5.74) is 0. The first-order valence-electron chi connectivity index (χ1n) is 7.20. The molecule has 4 heteroatoms. The Hall–Kier alpha value is -0.610. The van der Waals surface area contributed by atoms with E-state index >= 15 is 0 Å². The monoisotopic (exact) mass is 255 g/mol. The van der Waals surface area contributed by atoms with Crippen LogP contribution in [0.25, 0.3) is 0 Å². The van der Waals surface area contributed by atoms with Gasteiger partial charge in [0.05, 0.1) is 12.1 Å². The first kappa shape index (κ1) is 13.8. The van der Waals surface area contributed by atoms with Gasteiger partial charge in [-0.2, -0.15) is 0 Å². The van der Waals surface area contributed by atoms with Gasteiger partial charge in [-0.05, 0) is 38.0 Å². The van der Waals surface area contributed by atoms with Crippen molar-refractivity contribution in [1.82, 2.24) is 5.32 Å². The molecule has 0 saturated carbocycles. The average molecular weight is 255 g/mol. The van der Waals surface area contributed by atoms with Crippen LogP contribution < -0.4 is 5.32 Å². The van der Waals surface area contributed by atoms with E-state index in [2.05, 4.69) is 19.2 Å². The Morgan fingerprint density at radius 2 is 1.94 bits per heavy atom. The molecule has 0 aromatic rings. The van der Waals surface area contributed by atoms with Gasteiger partial charge in [-0.3, -0.25) is 4.79 Å². The maximum atomic E-state index is 12.1. The highest BCUT2D eigenvalue weighted by Gasteiger charge is 2.31. The summed E-state index contributed by atoms with van der Waals surface area (Å²) >= 11 is 0. The molecule has 1 amide bonds. The molecule has 18 heavy (non-hydrogen) atoms. The fourth-order valence-electron chi connectivity index (χ4n) is 2.76. The summed E-state index contributed by atoms with van der Waals surface area (Å²) in [4.78, 5) is 12.1. The largest absolute Gasteiger partial charge is 0.376 e. The fourth-order valence-corrected chi connectivity index (χ4v) is 2.76. The molecular formula is C14H25NO3. The van der Waals surface area contributed by atoms with Crippen LogP contribution in [0.3, 0.4) is 0 Å². The summed E-state index contributed by atoms with van der Waals surface area (Å²) in [6, 6.07) is 0.165. The zero-order chi connectivity index (χ0) is 13.0. The second-order valence-electron chi connectivity index (χ2n) is 5.80. The van der Waals surface area contributed by atoms with Gasteiger partial charge in [-0.15, -0.1) is 0 Å². The van der Waals surface area contributed by atoms with Crippen molar-refractivity contribution in [3.05, 3.63) is 0 Å². The van der Waals surface area contributed by atoms with Crippen molar-refractivity contribution in [2.75, 3.05) is 13.2 Å². The number of carbonyl (C=O) groups is 1. The second-order valence-corrected chi connectivity index (χ2v) is 5.80. The van der Waals surface area contributed by atoms with Gasteiger partial charge in [0, 0.05) is 13.2 Å². The van der Waals surface area contributed by atoms with E-state index in [1.54, 1.807) is 0 Å². The summed E-state index contributed by atoms with van der Waals surface area (Å²) in [5, 5.41) is 3.13. The Bertz CT molecular complexity index is 274. The Balaban J connectivity index is 1.86. The Labute approximate surface area is 109 Å². The Morgan fingerprint density at radius 1 is 1.22 bits per heavy atom. The van der Waals surface area contributed by atoms with Gasteiger partial charge in [0.15, 0.2) is 0 Å². The van der Waals surface area contributed by atoms with Crippen LogP contribution in [0.4, 0.5) is 0 Å². The van der Waals surface area contributed by atoms with Crippen LogP contribution in [0.5, 0.6) is 0 Å². The molecule has 2 saturated heterocycles. The lowest BCUT2D eigenvalue weighted by Crippen LogP contribution is -2.50. The third-order valence-corrected chi connectivity index (χ3v) is 3.69. The number of hydrogen-bond donors (Lipinski definition) is 1. The molecule has 2 rings (SSSR count). The van der Waals surface area contributed by atoms with E-state index in [4.69, 9.17) is 9.47 Å². The lowest BCUT2D eigenvalue weighted by Gasteiger charge is -2.34. The van der Waals surface area contributed by atoms with Crippen LogP contribution in [0.2, 0.25) is 0 Å². The SMILES string of the molecule is CC(C)C[C@@H]1OCCC[C@@H]1NC(=O)[C@@H]1CCCO1. The van der Waals surface area contributed by atoms with E-state index < -0.39 is 0 Å². The Kier molecular flexibility index (Phi) is 5.01. The van der Waals surface area contributed by atoms with Gasteiger partial charge in [0.2, 0.25) is 5.91 Å². The molecule has 0 bridgehead atoms. The quantitative estimate of drug-likeness (QED) is 0.834. The Morgan fingerprint density at radius 3 is 2.61 bits per heavy atom. The zero-order valence-corrected chi connectivity index (χ0v) is 11.5. The minimum atomic E-state index is -0.230. The molecule has 1 N–H and O–H groups in total. The van der Waals surface area contributed by atoms with E-state index in [9.17, 15) is 4.79 Å². The molecule has 2 aliphatic heterocycles. The van der Waals surface area contributed by atoms with Crippen LogP contribution in [-0.4, -0.2) is 37.4 Å². The number of nitrogens with one attached hydrogen (secondary N) is 1.